The van der Waals surface area contributed by atoms with Crippen LogP contribution in [0.1, 0.15) is 45.4 Å². The number of hydrogen-bond acceptors (Lipinski definition) is 3. The highest BCUT2D eigenvalue weighted by Crippen LogP contribution is 2.32. The van der Waals surface area contributed by atoms with Crippen molar-refractivity contribution in [2.45, 2.75) is 58.2 Å². The quantitative estimate of drug-likeness (QED) is 0.837. The summed E-state index contributed by atoms with van der Waals surface area (Å²) in [7, 11) is 0. The van der Waals surface area contributed by atoms with Crippen molar-refractivity contribution in [3.63, 3.8) is 0 Å². The first kappa shape index (κ1) is 13.8. The maximum atomic E-state index is 6.19. The van der Waals surface area contributed by atoms with E-state index in [1.54, 1.807) is 6.33 Å². The predicted octanol–water partition coefficient (Wildman–Crippen LogP) is 2.58. The van der Waals surface area contributed by atoms with Gasteiger partial charge in [-0.3, -0.25) is 0 Å². The van der Waals surface area contributed by atoms with Crippen LogP contribution in [-0.2, 0) is 13.1 Å². The highest BCUT2D eigenvalue weighted by atomic mass is 35.5. The van der Waals surface area contributed by atoms with Crippen LogP contribution in [0.5, 0.6) is 0 Å². The van der Waals surface area contributed by atoms with E-state index in [4.69, 9.17) is 11.6 Å². The normalized spacial score (nSPS) is 28.5. The fourth-order valence-corrected chi connectivity index (χ4v) is 2.99. The second-order valence-electron chi connectivity index (χ2n) is 5.44. The number of aromatic nitrogens is 3. The third kappa shape index (κ3) is 3.04. The number of nitrogens with zero attached hydrogens (tertiary/aromatic N) is 3. The second-order valence-corrected chi connectivity index (χ2v) is 5.71. The Kier molecular flexibility index (Phi) is 4.62. The molecule has 1 aromatic heterocycles. The Hall–Kier alpha value is -0.610. The van der Waals surface area contributed by atoms with Crippen molar-refractivity contribution in [1.29, 1.82) is 0 Å². The molecule has 1 fully saturated rings. The molecular formula is C13H23ClN4. The number of aryl methyl sites for hydroxylation is 1. The summed E-state index contributed by atoms with van der Waals surface area (Å²) in [6.07, 6.45) is 6.48. The molecule has 0 unspecified atom stereocenters. The van der Waals surface area contributed by atoms with E-state index < -0.39 is 0 Å². The van der Waals surface area contributed by atoms with Gasteiger partial charge in [-0.25, -0.2) is 9.67 Å². The van der Waals surface area contributed by atoms with Crippen LogP contribution in [0.3, 0.4) is 0 Å². The van der Waals surface area contributed by atoms with Crippen molar-refractivity contribution in [2.75, 3.05) is 5.88 Å². The van der Waals surface area contributed by atoms with Gasteiger partial charge in [0.2, 0.25) is 0 Å². The molecule has 2 rings (SSSR count). The van der Waals surface area contributed by atoms with Crippen molar-refractivity contribution >= 4 is 11.6 Å². The van der Waals surface area contributed by atoms with Gasteiger partial charge >= 0.3 is 0 Å². The third-order valence-electron chi connectivity index (χ3n) is 4.10. The second kappa shape index (κ2) is 6.02. The van der Waals surface area contributed by atoms with Gasteiger partial charge in [0.05, 0.1) is 6.54 Å². The van der Waals surface area contributed by atoms with E-state index in [1.165, 1.54) is 12.8 Å². The van der Waals surface area contributed by atoms with Gasteiger partial charge in [-0.15, -0.1) is 11.6 Å². The van der Waals surface area contributed by atoms with Crippen LogP contribution in [0, 0.1) is 5.92 Å². The van der Waals surface area contributed by atoms with Crippen LogP contribution in [0.4, 0.5) is 0 Å². The van der Waals surface area contributed by atoms with Crippen molar-refractivity contribution < 1.29 is 0 Å². The number of hydrogen-bond donors (Lipinski definition) is 1. The van der Waals surface area contributed by atoms with E-state index in [0.717, 1.165) is 37.7 Å². The number of rotatable bonds is 5. The summed E-state index contributed by atoms with van der Waals surface area (Å²) < 4.78 is 1.93. The zero-order valence-electron chi connectivity index (χ0n) is 11.3. The molecular weight excluding hydrogens is 248 g/mol. The maximum Gasteiger partial charge on any atom is 0.140 e. The zero-order chi connectivity index (χ0) is 13.0. The minimum Gasteiger partial charge on any atom is -0.303 e. The van der Waals surface area contributed by atoms with Gasteiger partial charge in [-0.2, -0.15) is 5.10 Å². The Morgan fingerprint density at radius 3 is 2.83 bits per heavy atom. The summed E-state index contributed by atoms with van der Waals surface area (Å²) in [5, 5.41) is 7.82. The molecule has 4 nitrogen and oxygen atoms in total. The van der Waals surface area contributed by atoms with Crippen LogP contribution < -0.4 is 5.32 Å². The molecule has 1 heterocycles. The molecule has 1 N–H and O–H groups in total. The summed E-state index contributed by atoms with van der Waals surface area (Å²) in [6.45, 7) is 6.03. The van der Waals surface area contributed by atoms with Crippen molar-refractivity contribution in [2.24, 2.45) is 5.92 Å². The first-order chi connectivity index (χ1) is 8.69. The van der Waals surface area contributed by atoms with Gasteiger partial charge in [0.25, 0.3) is 0 Å². The minimum atomic E-state index is 0.0958. The molecule has 0 bridgehead atoms. The summed E-state index contributed by atoms with van der Waals surface area (Å²) in [5.74, 6) is 2.52. The minimum absolute atomic E-state index is 0.0958. The topological polar surface area (TPSA) is 42.7 Å². The van der Waals surface area contributed by atoms with Crippen LogP contribution in [-0.4, -0.2) is 26.2 Å². The smallest absolute Gasteiger partial charge is 0.140 e. The molecule has 0 amide bonds. The molecule has 1 aromatic rings. The fraction of sp³-hybridized carbons (Fsp3) is 0.846. The van der Waals surface area contributed by atoms with Crippen LogP contribution >= 0.6 is 11.6 Å². The van der Waals surface area contributed by atoms with E-state index >= 15 is 0 Å². The van der Waals surface area contributed by atoms with Gasteiger partial charge in [0, 0.05) is 18.0 Å². The Bertz CT molecular complexity index is 369. The first-order valence-corrected chi connectivity index (χ1v) is 7.40. The van der Waals surface area contributed by atoms with Crippen molar-refractivity contribution in [3.05, 3.63) is 12.2 Å². The molecule has 1 aliphatic carbocycles. The lowest BCUT2D eigenvalue weighted by Crippen LogP contribution is -2.49. The Morgan fingerprint density at radius 2 is 2.22 bits per heavy atom. The summed E-state index contributed by atoms with van der Waals surface area (Å²) in [5.41, 5.74) is 0.0958. The molecule has 1 aliphatic rings. The fourth-order valence-electron chi connectivity index (χ4n) is 2.63. The van der Waals surface area contributed by atoms with E-state index in [0.29, 0.717) is 5.88 Å². The summed E-state index contributed by atoms with van der Waals surface area (Å²) in [6, 6.07) is 0. The summed E-state index contributed by atoms with van der Waals surface area (Å²) in [4.78, 5) is 4.30. The van der Waals surface area contributed by atoms with Gasteiger partial charge in [-0.05, 0) is 38.5 Å². The molecule has 0 atom stereocenters. The highest BCUT2D eigenvalue weighted by Gasteiger charge is 2.33. The monoisotopic (exact) mass is 270 g/mol. The van der Waals surface area contributed by atoms with E-state index in [1.807, 2.05) is 4.68 Å². The van der Waals surface area contributed by atoms with Crippen molar-refractivity contribution in [3.8, 4) is 0 Å². The Morgan fingerprint density at radius 1 is 1.50 bits per heavy atom. The lowest BCUT2D eigenvalue weighted by Gasteiger charge is -2.38. The molecule has 0 aliphatic heterocycles. The largest absolute Gasteiger partial charge is 0.303 e. The molecule has 1 saturated carbocycles. The Labute approximate surface area is 114 Å². The van der Waals surface area contributed by atoms with E-state index in [2.05, 4.69) is 29.2 Å². The lowest BCUT2D eigenvalue weighted by molar-refractivity contribution is 0.213. The number of halogens is 1. The molecule has 18 heavy (non-hydrogen) atoms. The van der Waals surface area contributed by atoms with Gasteiger partial charge in [0.1, 0.15) is 12.2 Å². The zero-order valence-corrected chi connectivity index (χ0v) is 12.1. The average Bonchev–Trinajstić information content (AvgIpc) is 2.86. The van der Waals surface area contributed by atoms with E-state index in [-0.39, 0.29) is 5.54 Å². The molecule has 0 aromatic carbocycles. The maximum absolute atomic E-state index is 6.19. The number of nitrogens with one attached hydrogen (secondary N) is 1. The molecule has 0 radical (unpaired) electrons. The van der Waals surface area contributed by atoms with Gasteiger partial charge in [-0.1, -0.05) is 6.92 Å². The van der Waals surface area contributed by atoms with E-state index in [9.17, 15) is 0 Å². The highest BCUT2D eigenvalue weighted by molar-refractivity contribution is 6.18. The predicted molar refractivity (Wildman–Crippen MR) is 73.6 cm³/mol. The van der Waals surface area contributed by atoms with Crippen LogP contribution in [0.15, 0.2) is 6.33 Å². The standard InChI is InChI=1S/C13H23ClN4/c1-3-18-12(15-10-17-18)8-16-13(9-14)6-4-11(2)5-7-13/h10-11,16H,3-9H2,1-2H3. The molecule has 0 saturated heterocycles. The molecule has 102 valence electrons. The number of alkyl halides is 1. The molecule has 5 heteroatoms. The van der Waals surface area contributed by atoms with Crippen molar-refractivity contribution in [1.82, 2.24) is 20.1 Å². The Balaban J connectivity index is 1.95. The van der Waals surface area contributed by atoms with Crippen LogP contribution in [0.25, 0.3) is 0 Å². The van der Waals surface area contributed by atoms with Crippen LogP contribution in [0.2, 0.25) is 0 Å². The SMILES string of the molecule is CCn1ncnc1CNC1(CCl)CCC(C)CC1. The van der Waals surface area contributed by atoms with Gasteiger partial charge in [0.15, 0.2) is 0 Å². The average molecular weight is 271 g/mol. The summed E-state index contributed by atoms with van der Waals surface area (Å²) >= 11 is 6.19. The first-order valence-electron chi connectivity index (χ1n) is 6.87. The van der Waals surface area contributed by atoms with Gasteiger partial charge < -0.3 is 5.32 Å². The lowest BCUT2D eigenvalue weighted by atomic mass is 9.78. The third-order valence-corrected chi connectivity index (χ3v) is 4.62. The molecule has 0 spiro atoms.